The first kappa shape index (κ1) is 16.8. The first-order valence-electron chi connectivity index (χ1n) is 7.12. The van der Waals surface area contributed by atoms with Crippen LogP contribution in [0.15, 0.2) is 24.3 Å². The van der Waals surface area contributed by atoms with Crippen LogP contribution in [0.2, 0.25) is 0 Å². The van der Waals surface area contributed by atoms with Gasteiger partial charge in [-0.15, -0.1) is 5.10 Å². The summed E-state index contributed by atoms with van der Waals surface area (Å²) in [6.45, 7) is 1.65. The molecule has 0 radical (unpaired) electrons. The van der Waals surface area contributed by atoms with Crippen molar-refractivity contribution in [2.24, 2.45) is 0 Å². The number of ether oxygens (including phenoxy) is 2. The number of hydrogen-bond acceptors (Lipinski definition) is 6. The van der Waals surface area contributed by atoms with E-state index in [2.05, 4.69) is 20.4 Å². The van der Waals surface area contributed by atoms with Crippen LogP contribution < -0.4 is 14.8 Å². The Bertz CT molecular complexity index is 901. The minimum Gasteiger partial charge on any atom is -0.497 e. The van der Waals surface area contributed by atoms with Gasteiger partial charge in [-0.2, -0.15) is 22.7 Å². The lowest BCUT2D eigenvalue weighted by atomic mass is 10.2. The van der Waals surface area contributed by atoms with Crippen molar-refractivity contribution in [1.29, 1.82) is 0 Å². The molecule has 3 aromatic rings. The highest BCUT2D eigenvalue weighted by atomic mass is 19.4. The maximum Gasteiger partial charge on any atom is 0.453 e. The third kappa shape index (κ3) is 3.42. The summed E-state index contributed by atoms with van der Waals surface area (Å²) in [5.74, 6) is -0.0701. The molecule has 10 heteroatoms. The van der Waals surface area contributed by atoms with Crippen molar-refractivity contribution in [3.63, 3.8) is 0 Å². The third-order valence-corrected chi connectivity index (χ3v) is 3.32. The highest BCUT2D eigenvalue weighted by molar-refractivity contribution is 5.63. The summed E-state index contributed by atoms with van der Waals surface area (Å²) in [6, 6.07) is 6.58. The fourth-order valence-electron chi connectivity index (χ4n) is 2.22. The highest BCUT2D eigenvalue weighted by Crippen LogP contribution is 2.30. The molecule has 0 spiro atoms. The molecule has 0 bridgehead atoms. The molecule has 0 amide bonds. The first-order valence-corrected chi connectivity index (χ1v) is 7.12. The van der Waals surface area contributed by atoms with Crippen molar-refractivity contribution in [3.05, 3.63) is 35.8 Å². The number of aromatic nitrogens is 4. The molecule has 3 rings (SSSR count). The van der Waals surface area contributed by atoms with Crippen LogP contribution in [0.3, 0.4) is 0 Å². The number of hydrogen-bond donors (Lipinski definition) is 1. The number of methoxy groups -OCH3 is 2. The van der Waals surface area contributed by atoms with E-state index in [1.54, 1.807) is 31.2 Å². The Hall–Kier alpha value is -3.04. The van der Waals surface area contributed by atoms with Crippen LogP contribution in [0.5, 0.6) is 11.5 Å². The van der Waals surface area contributed by atoms with E-state index in [4.69, 9.17) is 9.47 Å². The standard InChI is InChI=1S/C15H14F3N5O2/c1-8-4-12(20-9-5-10(24-2)7-11(6-9)25-3)23-14(19-8)21-13(22-23)15(16,17)18/h4-7,20H,1-3H3. The number of benzene rings is 1. The molecular weight excluding hydrogens is 339 g/mol. The van der Waals surface area contributed by atoms with Gasteiger partial charge in [0.15, 0.2) is 0 Å². The molecule has 25 heavy (non-hydrogen) atoms. The quantitative estimate of drug-likeness (QED) is 0.776. The van der Waals surface area contributed by atoms with E-state index >= 15 is 0 Å². The fraction of sp³-hybridized carbons (Fsp3) is 0.267. The van der Waals surface area contributed by atoms with Crippen LogP contribution >= 0.6 is 0 Å². The molecular formula is C15H14F3N5O2. The van der Waals surface area contributed by atoms with Crippen molar-refractivity contribution in [2.75, 3.05) is 19.5 Å². The van der Waals surface area contributed by atoms with Crippen molar-refractivity contribution in [1.82, 2.24) is 19.6 Å². The molecule has 2 heterocycles. The monoisotopic (exact) mass is 353 g/mol. The normalized spacial score (nSPS) is 11.6. The maximum absolute atomic E-state index is 12.9. The average molecular weight is 353 g/mol. The molecule has 0 aliphatic carbocycles. The van der Waals surface area contributed by atoms with Gasteiger partial charge in [0, 0.05) is 35.6 Å². The van der Waals surface area contributed by atoms with Gasteiger partial charge in [0.25, 0.3) is 11.6 Å². The molecule has 0 atom stereocenters. The summed E-state index contributed by atoms with van der Waals surface area (Å²) in [7, 11) is 3.00. The second kappa shape index (κ2) is 6.11. The van der Waals surface area contributed by atoms with Crippen molar-refractivity contribution < 1.29 is 22.6 Å². The highest BCUT2D eigenvalue weighted by Gasteiger charge is 2.36. The number of fused-ring (bicyclic) bond motifs is 1. The number of nitrogens with zero attached hydrogens (tertiary/aromatic N) is 4. The first-order chi connectivity index (χ1) is 11.8. The zero-order valence-electron chi connectivity index (χ0n) is 13.5. The van der Waals surface area contributed by atoms with E-state index < -0.39 is 12.0 Å². The minimum absolute atomic E-state index is 0.148. The Labute approximate surface area is 140 Å². The Morgan fingerprint density at radius 2 is 1.64 bits per heavy atom. The Kier molecular flexibility index (Phi) is 4.11. The van der Waals surface area contributed by atoms with Gasteiger partial charge >= 0.3 is 6.18 Å². The minimum atomic E-state index is -4.65. The lowest BCUT2D eigenvalue weighted by Crippen LogP contribution is -2.08. The van der Waals surface area contributed by atoms with E-state index in [0.29, 0.717) is 22.9 Å². The van der Waals surface area contributed by atoms with Gasteiger partial charge < -0.3 is 14.8 Å². The van der Waals surface area contributed by atoms with Gasteiger partial charge in [0.05, 0.1) is 14.2 Å². The van der Waals surface area contributed by atoms with Gasteiger partial charge in [-0.1, -0.05) is 0 Å². The van der Waals surface area contributed by atoms with Crippen LogP contribution in [-0.2, 0) is 6.18 Å². The van der Waals surface area contributed by atoms with E-state index in [9.17, 15) is 13.2 Å². The van der Waals surface area contributed by atoms with Gasteiger partial charge in [0.2, 0.25) is 0 Å². The molecule has 0 saturated carbocycles. The predicted molar refractivity (Wildman–Crippen MR) is 83.3 cm³/mol. The van der Waals surface area contributed by atoms with Crippen LogP contribution in [0, 0.1) is 6.92 Å². The predicted octanol–water partition coefficient (Wildman–Crippen LogP) is 3.21. The van der Waals surface area contributed by atoms with Crippen molar-refractivity contribution in [2.45, 2.75) is 13.1 Å². The van der Waals surface area contributed by atoms with E-state index in [-0.39, 0.29) is 11.6 Å². The van der Waals surface area contributed by atoms with Gasteiger partial charge in [0.1, 0.15) is 17.3 Å². The summed E-state index contributed by atoms with van der Waals surface area (Å²) in [5.41, 5.74) is 1.04. The van der Waals surface area contributed by atoms with Crippen LogP contribution in [0.4, 0.5) is 24.7 Å². The number of nitrogens with one attached hydrogen (secondary N) is 1. The maximum atomic E-state index is 12.9. The summed E-state index contributed by atoms with van der Waals surface area (Å²) in [5, 5.41) is 6.49. The summed E-state index contributed by atoms with van der Waals surface area (Å²) in [6.07, 6.45) is -4.65. The molecule has 1 aromatic carbocycles. The molecule has 0 aliphatic rings. The van der Waals surface area contributed by atoms with Gasteiger partial charge in [-0.05, 0) is 6.92 Å². The smallest absolute Gasteiger partial charge is 0.453 e. The van der Waals surface area contributed by atoms with E-state index in [1.807, 2.05) is 0 Å². The molecule has 0 saturated heterocycles. The Morgan fingerprint density at radius 3 is 2.20 bits per heavy atom. The van der Waals surface area contributed by atoms with Crippen LogP contribution in [0.25, 0.3) is 5.78 Å². The Morgan fingerprint density at radius 1 is 1.00 bits per heavy atom. The fourth-order valence-corrected chi connectivity index (χ4v) is 2.22. The lowest BCUT2D eigenvalue weighted by molar-refractivity contribution is -0.144. The summed E-state index contributed by atoms with van der Waals surface area (Å²) >= 11 is 0. The molecule has 1 N–H and O–H groups in total. The Balaban J connectivity index is 2.08. The van der Waals surface area contributed by atoms with Crippen LogP contribution in [0.1, 0.15) is 11.5 Å². The average Bonchev–Trinajstić information content (AvgIpc) is 2.98. The van der Waals surface area contributed by atoms with E-state index in [1.165, 1.54) is 14.2 Å². The topological polar surface area (TPSA) is 73.6 Å². The zero-order chi connectivity index (χ0) is 18.2. The SMILES string of the molecule is COc1cc(Nc2cc(C)nc3nc(C(F)(F)F)nn23)cc(OC)c1. The van der Waals surface area contributed by atoms with E-state index in [0.717, 1.165) is 4.52 Å². The van der Waals surface area contributed by atoms with Crippen molar-refractivity contribution >= 4 is 17.3 Å². The van der Waals surface area contributed by atoms with Gasteiger partial charge in [-0.3, -0.25) is 0 Å². The van der Waals surface area contributed by atoms with Crippen LogP contribution in [-0.4, -0.2) is 33.8 Å². The number of anilines is 2. The number of rotatable bonds is 4. The second-order valence-corrected chi connectivity index (χ2v) is 5.15. The molecule has 0 aliphatic heterocycles. The molecule has 7 nitrogen and oxygen atoms in total. The van der Waals surface area contributed by atoms with Crippen molar-refractivity contribution in [3.8, 4) is 11.5 Å². The molecule has 0 unspecified atom stereocenters. The molecule has 0 fully saturated rings. The third-order valence-electron chi connectivity index (χ3n) is 3.32. The number of alkyl halides is 3. The zero-order valence-corrected chi connectivity index (χ0v) is 13.5. The lowest BCUT2D eigenvalue weighted by Gasteiger charge is -2.11. The summed E-state index contributed by atoms with van der Waals surface area (Å²) < 4.78 is 49.9. The second-order valence-electron chi connectivity index (χ2n) is 5.15. The van der Waals surface area contributed by atoms with Gasteiger partial charge in [-0.25, -0.2) is 4.98 Å². The molecule has 2 aromatic heterocycles. The number of halogens is 3. The number of aryl methyl sites for hydroxylation is 1. The molecule has 132 valence electrons. The largest absolute Gasteiger partial charge is 0.497 e. The summed E-state index contributed by atoms with van der Waals surface area (Å²) in [4.78, 5) is 7.42.